The van der Waals surface area contributed by atoms with Gasteiger partial charge in [-0.15, -0.1) is 11.3 Å². The lowest BCUT2D eigenvalue weighted by atomic mass is 10.2. The first-order chi connectivity index (χ1) is 9.26. The maximum atomic E-state index is 11.6. The number of carbonyl (C=O) groups is 1. The van der Waals surface area contributed by atoms with Crippen LogP contribution in [0.25, 0.3) is 10.2 Å². The molecule has 0 aliphatic rings. The third-order valence-electron chi connectivity index (χ3n) is 2.52. The van der Waals surface area contributed by atoms with Crippen molar-refractivity contribution >= 4 is 38.9 Å². The third kappa shape index (κ3) is 3.70. The minimum Gasteiger partial charge on any atom is -0.469 e. The summed E-state index contributed by atoms with van der Waals surface area (Å²) in [5.74, 6) is -0.248. The van der Waals surface area contributed by atoms with E-state index in [4.69, 9.17) is 9.47 Å². The lowest BCUT2D eigenvalue weighted by Gasteiger charge is -2.19. The monoisotopic (exact) mass is 313 g/mol. The van der Waals surface area contributed by atoms with E-state index in [0.29, 0.717) is 11.8 Å². The average molecular weight is 313 g/mol. The Labute approximate surface area is 126 Å². The van der Waals surface area contributed by atoms with Crippen molar-refractivity contribution in [3.63, 3.8) is 0 Å². The van der Waals surface area contributed by atoms with E-state index in [9.17, 15) is 4.79 Å². The molecule has 0 radical (unpaired) electrons. The van der Waals surface area contributed by atoms with Gasteiger partial charge in [0.2, 0.25) is 0 Å². The van der Waals surface area contributed by atoms with E-state index < -0.39 is 5.60 Å². The van der Waals surface area contributed by atoms with Crippen molar-refractivity contribution in [3.05, 3.63) is 9.75 Å². The van der Waals surface area contributed by atoms with Crippen LogP contribution in [0.3, 0.4) is 0 Å². The minimum atomic E-state index is -0.450. The average Bonchev–Trinajstić information content (AvgIpc) is 2.79. The number of esters is 1. The number of nitrogens with zero attached hydrogens (tertiary/aromatic N) is 1. The van der Waals surface area contributed by atoms with Crippen LogP contribution < -0.4 is 4.74 Å². The van der Waals surface area contributed by atoms with Crippen LogP contribution in [-0.4, -0.2) is 23.2 Å². The summed E-state index contributed by atoms with van der Waals surface area (Å²) in [5.41, 5.74) is 0.569. The zero-order valence-electron chi connectivity index (χ0n) is 12.4. The molecule has 4 nitrogen and oxygen atoms in total. The summed E-state index contributed by atoms with van der Waals surface area (Å²) in [5, 5.41) is 0.623. The quantitative estimate of drug-likeness (QED) is 0.798. The summed E-state index contributed by atoms with van der Waals surface area (Å²) in [6.45, 7) is 10.0. The Bertz CT molecular complexity index is 588. The topological polar surface area (TPSA) is 48.4 Å². The van der Waals surface area contributed by atoms with E-state index in [1.165, 1.54) is 25.8 Å². The van der Waals surface area contributed by atoms with Crippen molar-refractivity contribution in [1.82, 2.24) is 4.98 Å². The predicted molar refractivity (Wildman–Crippen MR) is 82.9 cm³/mol. The zero-order valence-corrected chi connectivity index (χ0v) is 14.0. The molecule has 110 valence electrons. The molecule has 0 atom stereocenters. The molecule has 0 aliphatic carbocycles. The van der Waals surface area contributed by atoms with Gasteiger partial charge in [-0.2, -0.15) is 0 Å². The number of aromatic nitrogens is 1. The molecule has 6 heteroatoms. The van der Waals surface area contributed by atoms with E-state index in [-0.39, 0.29) is 12.4 Å². The van der Waals surface area contributed by atoms with Gasteiger partial charge in [0.05, 0.1) is 16.6 Å². The van der Waals surface area contributed by atoms with Crippen LogP contribution >= 0.6 is 22.7 Å². The van der Waals surface area contributed by atoms with Crippen LogP contribution in [0.4, 0.5) is 0 Å². The van der Waals surface area contributed by atoms with E-state index in [1.54, 1.807) is 11.3 Å². The number of thiazole rings is 1. The first-order valence-corrected chi connectivity index (χ1v) is 8.11. The summed E-state index contributed by atoms with van der Waals surface area (Å²) in [6, 6.07) is 0. The van der Waals surface area contributed by atoms with Gasteiger partial charge in [-0.1, -0.05) is 11.3 Å². The highest BCUT2D eigenvalue weighted by molar-refractivity contribution is 7.25. The van der Waals surface area contributed by atoms with Crippen molar-refractivity contribution in [3.8, 4) is 5.19 Å². The van der Waals surface area contributed by atoms with E-state index in [1.807, 2.05) is 20.8 Å². The fraction of sp³-hybridized carbons (Fsp3) is 0.571. The number of carbonyl (C=O) groups excluding carboxylic acids is 1. The fourth-order valence-corrected chi connectivity index (χ4v) is 3.88. The van der Waals surface area contributed by atoms with Crippen molar-refractivity contribution < 1.29 is 14.3 Å². The van der Waals surface area contributed by atoms with Gasteiger partial charge in [-0.25, -0.2) is 4.98 Å². The molecular formula is C14H19NO3S2. The van der Waals surface area contributed by atoms with Crippen molar-refractivity contribution in [2.75, 3.05) is 6.61 Å². The van der Waals surface area contributed by atoms with Gasteiger partial charge in [0.1, 0.15) is 12.2 Å². The number of rotatable bonds is 4. The number of hydrogen-bond donors (Lipinski definition) is 0. The molecule has 0 amide bonds. The molecule has 0 aliphatic heterocycles. The lowest BCUT2D eigenvalue weighted by Crippen LogP contribution is -2.24. The number of aryl methyl sites for hydroxylation is 2. The molecule has 2 rings (SSSR count). The first kappa shape index (κ1) is 15.3. The minimum absolute atomic E-state index is 0.238. The Morgan fingerprint density at radius 1 is 1.20 bits per heavy atom. The molecule has 2 aromatic heterocycles. The van der Waals surface area contributed by atoms with E-state index >= 15 is 0 Å². The molecule has 0 saturated carbocycles. The Kier molecular flexibility index (Phi) is 4.34. The Hall–Kier alpha value is -1.14. The van der Waals surface area contributed by atoms with Gasteiger partial charge in [-0.05, 0) is 34.6 Å². The molecule has 0 aromatic carbocycles. The highest BCUT2D eigenvalue weighted by Gasteiger charge is 2.17. The smallest absolute Gasteiger partial charge is 0.309 e. The van der Waals surface area contributed by atoms with Gasteiger partial charge in [0.15, 0.2) is 0 Å². The molecule has 0 fully saturated rings. The molecule has 0 spiro atoms. The molecular weight excluding hydrogens is 294 g/mol. The van der Waals surface area contributed by atoms with Crippen LogP contribution in [0.2, 0.25) is 0 Å². The van der Waals surface area contributed by atoms with Crippen LogP contribution in [0.15, 0.2) is 0 Å². The van der Waals surface area contributed by atoms with E-state index in [0.717, 1.165) is 5.52 Å². The fourth-order valence-electron chi connectivity index (χ4n) is 1.78. The van der Waals surface area contributed by atoms with Gasteiger partial charge in [0.25, 0.3) is 5.19 Å². The van der Waals surface area contributed by atoms with Crippen molar-refractivity contribution in [2.24, 2.45) is 0 Å². The highest BCUT2D eigenvalue weighted by atomic mass is 32.1. The molecule has 2 aromatic rings. The molecule has 2 heterocycles. The molecule has 20 heavy (non-hydrogen) atoms. The van der Waals surface area contributed by atoms with Crippen molar-refractivity contribution in [2.45, 2.75) is 46.6 Å². The second-order valence-corrected chi connectivity index (χ2v) is 7.95. The van der Waals surface area contributed by atoms with Crippen LogP contribution in [0, 0.1) is 13.8 Å². The van der Waals surface area contributed by atoms with Gasteiger partial charge < -0.3 is 9.47 Å². The third-order valence-corrected chi connectivity index (χ3v) is 4.75. The molecule has 0 unspecified atom stereocenters. The number of fused-ring (bicyclic) bond motifs is 1. The Balaban J connectivity index is 1.90. The second kappa shape index (κ2) is 5.69. The second-order valence-electron chi connectivity index (χ2n) is 5.56. The Morgan fingerprint density at radius 3 is 2.50 bits per heavy atom. The Morgan fingerprint density at radius 2 is 1.90 bits per heavy atom. The summed E-state index contributed by atoms with van der Waals surface area (Å²) >= 11 is 3.29. The lowest BCUT2D eigenvalue weighted by molar-refractivity contribution is -0.155. The number of ether oxygens (including phenoxy) is 2. The van der Waals surface area contributed by atoms with Gasteiger partial charge >= 0.3 is 5.97 Å². The van der Waals surface area contributed by atoms with E-state index in [2.05, 4.69) is 18.8 Å². The van der Waals surface area contributed by atoms with Crippen LogP contribution in [0.5, 0.6) is 5.19 Å². The maximum absolute atomic E-state index is 11.6. The summed E-state index contributed by atoms with van der Waals surface area (Å²) in [7, 11) is 0. The van der Waals surface area contributed by atoms with Crippen molar-refractivity contribution in [1.29, 1.82) is 0 Å². The number of thiophene rings is 1. The maximum Gasteiger partial charge on any atom is 0.309 e. The first-order valence-electron chi connectivity index (χ1n) is 6.47. The summed E-state index contributed by atoms with van der Waals surface area (Å²) in [6.07, 6.45) is 0.238. The molecule has 0 saturated heterocycles. The normalized spacial score (nSPS) is 11.8. The summed E-state index contributed by atoms with van der Waals surface area (Å²) in [4.78, 5) is 18.5. The highest BCUT2D eigenvalue weighted by Crippen LogP contribution is 2.37. The summed E-state index contributed by atoms with van der Waals surface area (Å²) < 4.78 is 12.0. The van der Waals surface area contributed by atoms with Crippen LogP contribution in [-0.2, 0) is 9.53 Å². The largest absolute Gasteiger partial charge is 0.469 e. The van der Waals surface area contributed by atoms with Crippen LogP contribution in [0.1, 0.15) is 36.9 Å². The SMILES string of the molecule is Cc1sc(C)c2sc(OCCC(=O)OC(C)(C)C)nc12. The van der Waals surface area contributed by atoms with Gasteiger partial charge in [-0.3, -0.25) is 4.79 Å². The number of hydrogen-bond acceptors (Lipinski definition) is 6. The molecule has 0 N–H and O–H groups in total. The predicted octanol–water partition coefficient (Wildman–Crippen LogP) is 4.09. The molecule has 0 bridgehead atoms. The zero-order chi connectivity index (χ0) is 14.9. The standard InChI is InChI=1S/C14H19NO3S2/c1-8-11-12(9(2)19-8)20-13(15-11)17-7-6-10(16)18-14(3,4)5/h6-7H2,1-5H3. The van der Waals surface area contributed by atoms with Gasteiger partial charge in [0, 0.05) is 9.75 Å².